The molecule has 0 unspecified atom stereocenters. The molecule has 4 amide bonds. The van der Waals surface area contributed by atoms with Crippen molar-refractivity contribution in [2.45, 2.75) is 26.3 Å². The summed E-state index contributed by atoms with van der Waals surface area (Å²) < 4.78 is 0. The molecule has 0 radical (unpaired) electrons. The van der Waals surface area contributed by atoms with Crippen LogP contribution in [0.1, 0.15) is 41.5 Å². The number of benzene rings is 1. The molecule has 0 atom stereocenters. The van der Waals surface area contributed by atoms with Crippen LogP contribution in [0.25, 0.3) is 0 Å². The van der Waals surface area contributed by atoms with Crippen LogP contribution in [0.5, 0.6) is 0 Å². The summed E-state index contributed by atoms with van der Waals surface area (Å²) in [4.78, 5) is 40.7. The van der Waals surface area contributed by atoms with Gasteiger partial charge in [0.2, 0.25) is 0 Å². The van der Waals surface area contributed by atoms with E-state index in [1.807, 2.05) is 20.8 Å². The monoisotopic (exact) mass is 373 g/mol. The second-order valence-corrected chi connectivity index (χ2v) is 7.85. The Balaban J connectivity index is 1.58. The molecule has 8 heteroatoms. The third-order valence-electron chi connectivity index (χ3n) is 4.74. The van der Waals surface area contributed by atoms with Crippen LogP contribution in [0.4, 0.5) is 10.5 Å². The Morgan fingerprint density at radius 2 is 1.78 bits per heavy atom. The van der Waals surface area contributed by atoms with E-state index in [0.717, 1.165) is 32.7 Å². The van der Waals surface area contributed by atoms with Crippen molar-refractivity contribution in [2.75, 3.05) is 44.6 Å². The number of rotatable bonds is 4. The van der Waals surface area contributed by atoms with E-state index in [1.165, 1.54) is 4.90 Å². The van der Waals surface area contributed by atoms with Crippen molar-refractivity contribution < 1.29 is 14.4 Å². The van der Waals surface area contributed by atoms with Crippen molar-refractivity contribution in [3.05, 3.63) is 29.3 Å². The largest absolute Gasteiger partial charge is 0.337 e. The van der Waals surface area contributed by atoms with Gasteiger partial charge in [-0.05, 0) is 39.0 Å². The zero-order valence-electron chi connectivity index (χ0n) is 16.1. The minimum atomic E-state index is -0.595. The van der Waals surface area contributed by atoms with Crippen molar-refractivity contribution in [3.63, 3.8) is 0 Å². The smallest absolute Gasteiger partial charge is 0.319 e. The van der Waals surface area contributed by atoms with Gasteiger partial charge in [0, 0.05) is 50.5 Å². The maximum atomic E-state index is 12.6. The number of carbonyl (C=O) groups excluding carboxylic acids is 3. The lowest BCUT2D eigenvalue weighted by Gasteiger charge is -2.29. The van der Waals surface area contributed by atoms with Crippen LogP contribution in [0.2, 0.25) is 0 Å². The third kappa shape index (κ3) is 4.28. The van der Waals surface area contributed by atoms with E-state index >= 15 is 0 Å². The Morgan fingerprint density at radius 1 is 1.11 bits per heavy atom. The summed E-state index contributed by atoms with van der Waals surface area (Å²) in [5.74, 6) is -0.625. The second kappa shape index (κ2) is 7.66. The van der Waals surface area contributed by atoms with E-state index in [9.17, 15) is 14.4 Å². The van der Waals surface area contributed by atoms with Crippen LogP contribution in [-0.4, -0.2) is 72.5 Å². The number of amides is 4. The predicted octanol–water partition coefficient (Wildman–Crippen LogP) is 1.11. The number of imide groups is 1. The lowest BCUT2D eigenvalue weighted by Crippen LogP contribution is -2.46. The summed E-state index contributed by atoms with van der Waals surface area (Å²) in [5.41, 5.74) is 0.598. The van der Waals surface area contributed by atoms with Gasteiger partial charge in [-0.3, -0.25) is 19.4 Å². The molecule has 8 nitrogen and oxygen atoms in total. The molecule has 0 saturated carbocycles. The highest BCUT2D eigenvalue weighted by Crippen LogP contribution is 2.30. The van der Waals surface area contributed by atoms with Crippen LogP contribution < -0.4 is 16.0 Å². The van der Waals surface area contributed by atoms with Gasteiger partial charge in [0.05, 0.1) is 11.1 Å². The molecule has 0 aromatic heterocycles. The summed E-state index contributed by atoms with van der Waals surface area (Å²) in [6, 6.07) is 4.48. The Kier molecular flexibility index (Phi) is 5.48. The molecule has 0 spiro atoms. The number of hydrogen-bond donors (Lipinski definition) is 3. The van der Waals surface area contributed by atoms with Crippen LogP contribution in [0.3, 0.4) is 0 Å². The lowest BCUT2D eigenvalue weighted by atomic mass is 10.1. The topological polar surface area (TPSA) is 93.8 Å². The van der Waals surface area contributed by atoms with Crippen molar-refractivity contribution in [1.82, 2.24) is 20.4 Å². The highest BCUT2D eigenvalue weighted by atomic mass is 16.2. The number of piperazine rings is 1. The van der Waals surface area contributed by atoms with E-state index in [1.54, 1.807) is 18.2 Å². The average Bonchev–Trinajstić information content (AvgIpc) is 2.86. The highest BCUT2D eigenvalue weighted by molar-refractivity contribution is 6.22. The minimum Gasteiger partial charge on any atom is -0.337 e. The van der Waals surface area contributed by atoms with Gasteiger partial charge in [0.1, 0.15) is 0 Å². The second-order valence-electron chi connectivity index (χ2n) is 7.85. The summed E-state index contributed by atoms with van der Waals surface area (Å²) in [7, 11) is 0. The van der Waals surface area contributed by atoms with E-state index in [4.69, 9.17) is 0 Å². The number of urea groups is 1. The van der Waals surface area contributed by atoms with Gasteiger partial charge in [-0.25, -0.2) is 4.79 Å². The number of nitrogens with one attached hydrogen (secondary N) is 3. The molecule has 2 aliphatic heterocycles. The number of fused-ring (bicyclic) bond motifs is 1. The molecule has 146 valence electrons. The zero-order valence-corrected chi connectivity index (χ0v) is 16.1. The molecule has 0 aliphatic carbocycles. The van der Waals surface area contributed by atoms with Gasteiger partial charge in [-0.2, -0.15) is 0 Å². The molecule has 2 aliphatic rings. The number of anilines is 1. The lowest BCUT2D eigenvalue weighted by molar-refractivity contribution is 0.0507. The standard InChI is InChI=1S/C19H27N5O3/c1-19(2,3)24-16(25)14-5-4-13(12-15(14)17(24)26)22-18(27)21-8-11-23-9-6-20-7-10-23/h4-5,12,20H,6-11H2,1-3H3,(H2,21,22,27). The molecule has 1 aromatic rings. The SMILES string of the molecule is CC(C)(C)N1C(=O)c2ccc(NC(=O)NCCN3CCNCC3)cc2C1=O. The molecular formula is C19H27N5O3. The fourth-order valence-corrected chi connectivity index (χ4v) is 3.37. The maximum Gasteiger partial charge on any atom is 0.319 e. The van der Waals surface area contributed by atoms with Gasteiger partial charge in [-0.15, -0.1) is 0 Å². The summed E-state index contributed by atoms with van der Waals surface area (Å²) in [6.07, 6.45) is 0. The van der Waals surface area contributed by atoms with Crippen molar-refractivity contribution in [3.8, 4) is 0 Å². The molecule has 27 heavy (non-hydrogen) atoms. The number of carbonyl (C=O) groups is 3. The highest BCUT2D eigenvalue weighted by Gasteiger charge is 2.41. The summed E-state index contributed by atoms with van der Waals surface area (Å²) in [6.45, 7) is 10.7. The van der Waals surface area contributed by atoms with Crippen molar-refractivity contribution >= 4 is 23.5 Å². The van der Waals surface area contributed by atoms with Crippen LogP contribution in [0.15, 0.2) is 18.2 Å². The van der Waals surface area contributed by atoms with Crippen molar-refractivity contribution in [1.29, 1.82) is 0 Å². The van der Waals surface area contributed by atoms with Gasteiger partial charge in [-0.1, -0.05) is 0 Å². The predicted molar refractivity (Wildman–Crippen MR) is 103 cm³/mol. The van der Waals surface area contributed by atoms with Gasteiger partial charge >= 0.3 is 6.03 Å². The fourth-order valence-electron chi connectivity index (χ4n) is 3.37. The van der Waals surface area contributed by atoms with E-state index in [-0.39, 0.29) is 17.8 Å². The van der Waals surface area contributed by atoms with Crippen LogP contribution in [0, 0.1) is 0 Å². The zero-order chi connectivity index (χ0) is 19.6. The molecule has 1 saturated heterocycles. The third-order valence-corrected chi connectivity index (χ3v) is 4.74. The Labute approximate surface area is 159 Å². The fraction of sp³-hybridized carbons (Fsp3) is 0.526. The van der Waals surface area contributed by atoms with Gasteiger partial charge in [0.15, 0.2) is 0 Å². The van der Waals surface area contributed by atoms with Gasteiger partial charge < -0.3 is 16.0 Å². The van der Waals surface area contributed by atoms with Crippen LogP contribution >= 0.6 is 0 Å². The molecule has 1 fully saturated rings. The molecule has 1 aromatic carbocycles. The minimum absolute atomic E-state index is 0.297. The first-order chi connectivity index (χ1) is 12.8. The molecule has 3 N–H and O–H groups in total. The quantitative estimate of drug-likeness (QED) is 0.688. The normalized spacial score (nSPS) is 17.8. The maximum absolute atomic E-state index is 12.6. The first-order valence-corrected chi connectivity index (χ1v) is 9.28. The summed E-state index contributed by atoms with van der Waals surface area (Å²) >= 11 is 0. The first kappa shape index (κ1) is 19.3. The molecule has 0 bridgehead atoms. The van der Waals surface area contributed by atoms with E-state index < -0.39 is 5.54 Å². The summed E-state index contributed by atoms with van der Waals surface area (Å²) in [5, 5.41) is 8.85. The molecule has 2 heterocycles. The average molecular weight is 373 g/mol. The number of nitrogens with zero attached hydrogens (tertiary/aromatic N) is 2. The Hall–Kier alpha value is -2.45. The first-order valence-electron chi connectivity index (χ1n) is 9.28. The Morgan fingerprint density at radius 3 is 2.44 bits per heavy atom. The van der Waals surface area contributed by atoms with Crippen molar-refractivity contribution in [2.24, 2.45) is 0 Å². The molecular weight excluding hydrogens is 346 g/mol. The van der Waals surface area contributed by atoms with Crippen LogP contribution in [-0.2, 0) is 0 Å². The van der Waals surface area contributed by atoms with E-state index in [2.05, 4.69) is 20.9 Å². The molecule has 3 rings (SSSR count). The Bertz CT molecular complexity index is 750. The van der Waals surface area contributed by atoms with Gasteiger partial charge in [0.25, 0.3) is 11.8 Å². The van der Waals surface area contributed by atoms with E-state index in [0.29, 0.717) is 23.4 Å². The number of hydrogen-bond acceptors (Lipinski definition) is 5.